The highest BCUT2D eigenvalue weighted by Gasteiger charge is 2.21. The van der Waals surface area contributed by atoms with Crippen molar-refractivity contribution in [3.63, 3.8) is 0 Å². The normalized spacial score (nSPS) is 14.7. The second-order valence-corrected chi connectivity index (χ2v) is 5.22. The molecule has 1 aliphatic carbocycles. The minimum Gasteiger partial charge on any atom is -0.379 e. The molecule has 0 saturated heterocycles. The Labute approximate surface area is 114 Å². The number of nitrogens with zero attached hydrogens (tertiary/aromatic N) is 1. The zero-order chi connectivity index (χ0) is 13.7. The van der Waals surface area contributed by atoms with Crippen LogP contribution < -0.4 is 10.6 Å². The van der Waals surface area contributed by atoms with Crippen LogP contribution in [0, 0.1) is 11.7 Å². The minimum absolute atomic E-state index is 0.173. The summed E-state index contributed by atoms with van der Waals surface area (Å²) >= 11 is 0. The second kappa shape index (κ2) is 6.87. The Kier molecular flexibility index (Phi) is 5.16. The van der Waals surface area contributed by atoms with Crippen LogP contribution in [0.3, 0.4) is 0 Å². The van der Waals surface area contributed by atoms with Crippen molar-refractivity contribution in [1.82, 2.24) is 0 Å². The zero-order valence-corrected chi connectivity index (χ0v) is 11.6. The number of hydrogen-bond acceptors (Lipinski definition) is 3. The fourth-order valence-electron chi connectivity index (χ4n) is 2.15. The van der Waals surface area contributed by atoms with Gasteiger partial charge in [-0.15, -0.1) is 0 Å². The van der Waals surface area contributed by atoms with Crippen LogP contribution in [0.15, 0.2) is 18.2 Å². The van der Waals surface area contributed by atoms with Gasteiger partial charge in [-0.1, -0.05) is 6.07 Å². The number of nitrogens with two attached hydrogens (primary N) is 1. The van der Waals surface area contributed by atoms with E-state index in [1.807, 2.05) is 18.0 Å². The third-order valence-electron chi connectivity index (χ3n) is 3.52. The Morgan fingerprint density at radius 3 is 2.89 bits per heavy atom. The quantitative estimate of drug-likeness (QED) is 0.733. The lowest BCUT2D eigenvalue weighted by molar-refractivity contribution is 0.131. The molecule has 106 valence electrons. The maximum atomic E-state index is 13.8. The van der Waals surface area contributed by atoms with Crippen LogP contribution in [0.5, 0.6) is 0 Å². The van der Waals surface area contributed by atoms with Crippen LogP contribution in [0.4, 0.5) is 10.1 Å². The molecule has 1 aromatic carbocycles. The monoisotopic (exact) mass is 266 g/mol. The van der Waals surface area contributed by atoms with Gasteiger partial charge in [-0.05, 0) is 43.9 Å². The van der Waals surface area contributed by atoms with Gasteiger partial charge in [0.05, 0.1) is 6.61 Å². The summed E-state index contributed by atoms with van der Waals surface area (Å²) in [5, 5.41) is 0. The first-order valence-corrected chi connectivity index (χ1v) is 6.98. The molecule has 0 heterocycles. The number of ether oxygens (including phenoxy) is 1. The largest absolute Gasteiger partial charge is 0.379 e. The molecule has 0 aromatic heterocycles. The fourth-order valence-corrected chi connectivity index (χ4v) is 2.15. The first-order valence-electron chi connectivity index (χ1n) is 6.98. The van der Waals surface area contributed by atoms with E-state index in [9.17, 15) is 4.39 Å². The Bertz CT molecular complexity index is 407. The summed E-state index contributed by atoms with van der Waals surface area (Å²) in [7, 11) is 1.97. The average Bonchev–Trinajstić information content (AvgIpc) is 3.21. The molecule has 19 heavy (non-hydrogen) atoms. The van der Waals surface area contributed by atoms with E-state index in [2.05, 4.69) is 0 Å². The van der Waals surface area contributed by atoms with Crippen molar-refractivity contribution >= 4 is 5.69 Å². The summed E-state index contributed by atoms with van der Waals surface area (Å²) in [5.74, 6) is 0.612. The van der Waals surface area contributed by atoms with Gasteiger partial charge in [-0.3, -0.25) is 0 Å². The van der Waals surface area contributed by atoms with Crippen LogP contribution >= 0.6 is 0 Å². The highest BCUT2D eigenvalue weighted by Crippen LogP contribution is 2.28. The van der Waals surface area contributed by atoms with Crippen LogP contribution in [0.25, 0.3) is 0 Å². The Balaban J connectivity index is 1.88. The molecule has 0 spiro atoms. The predicted octanol–water partition coefficient (Wildman–Crippen LogP) is 2.19. The Hall–Kier alpha value is -1.13. The van der Waals surface area contributed by atoms with E-state index >= 15 is 0 Å². The van der Waals surface area contributed by atoms with Gasteiger partial charge in [0, 0.05) is 31.5 Å². The van der Waals surface area contributed by atoms with Gasteiger partial charge in [0.2, 0.25) is 0 Å². The molecular formula is C15H23FN2O. The molecular weight excluding hydrogens is 243 g/mol. The van der Waals surface area contributed by atoms with Gasteiger partial charge in [-0.2, -0.15) is 0 Å². The lowest BCUT2D eigenvalue weighted by atomic mass is 10.1. The smallest absolute Gasteiger partial charge is 0.128 e. The maximum Gasteiger partial charge on any atom is 0.128 e. The molecule has 0 atom stereocenters. The third kappa shape index (κ3) is 4.18. The summed E-state index contributed by atoms with van der Waals surface area (Å²) < 4.78 is 19.4. The number of anilines is 1. The number of hydrogen-bond donors (Lipinski definition) is 1. The summed E-state index contributed by atoms with van der Waals surface area (Å²) in [6.45, 7) is 2.78. The van der Waals surface area contributed by atoms with Crippen molar-refractivity contribution in [1.29, 1.82) is 0 Å². The Morgan fingerprint density at radius 1 is 1.42 bits per heavy atom. The third-order valence-corrected chi connectivity index (χ3v) is 3.52. The van der Waals surface area contributed by atoms with Crippen LogP contribution in [0.1, 0.15) is 18.4 Å². The molecule has 1 saturated carbocycles. The van der Waals surface area contributed by atoms with Crippen molar-refractivity contribution in [2.45, 2.75) is 19.3 Å². The number of rotatable bonds is 8. The molecule has 0 unspecified atom stereocenters. The summed E-state index contributed by atoms with van der Waals surface area (Å²) in [5.41, 5.74) is 7.17. The minimum atomic E-state index is -0.173. The molecule has 3 nitrogen and oxygen atoms in total. The number of benzene rings is 1. The van der Waals surface area contributed by atoms with E-state index in [1.165, 1.54) is 18.9 Å². The number of halogens is 1. The van der Waals surface area contributed by atoms with E-state index in [4.69, 9.17) is 10.5 Å². The van der Waals surface area contributed by atoms with E-state index in [0.717, 1.165) is 24.8 Å². The van der Waals surface area contributed by atoms with Crippen LogP contribution in [-0.2, 0) is 11.2 Å². The first-order chi connectivity index (χ1) is 9.22. The highest BCUT2D eigenvalue weighted by molar-refractivity contribution is 5.53. The molecule has 2 N–H and O–H groups in total. The van der Waals surface area contributed by atoms with Gasteiger partial charge >= 0.3 is 0 Å². The fraction of sp³-hybridized carbons (Fsp3) is 0.600. The van der Waals surface area contributed by atoms with Crippen molar-refractivity contribution in [3.05, 3.63) is 29.6 Å². The van der Waals surface area contributed by atoms with E-state index in [0.29, 0.717) is 25.1 Å². The predicted molar refractivity (Wildman–Crippen MR) is 76.0 cm³/mol. The summed E-state index contributed by atoms with van der Waals surface area (Å²) in [6.07, 6.45) is 3.18. The van der Waals surface area contributed by atoms with Gasteiger partial charge < -0.3 is 15.4 Å². The van der Waals surface area contributed by atoms with E-state index < -0.39 is 0 Å². The van der Waals surface area contributed by atoms with Gasteiger partial charge in [0.25, 0.3) is 0 Å². The van der Waals surface area contributed by atoms with E-state index in [1.54, 1.807) is 6.07 Å². The Morgan fingerprint density at radius 2 is 2.21 bits per heavy atom. The van der Waals surface area contributed by atoms with E-state index in [-0.39, 0.29) is 5.82 Å². The van der Waals surface area contributed by atoms with Gasteiger partial charge in [0.1, 0.15) is 5.82 Å². The molecule has 4 heteroatoms. The lowest BCUT2D eigenvalue weighted by Crippen LogP contribution is -2.25. The zero-order valence-electron chi connectivity index (χ0n) is 11.6. The standard InChI is InChI=1S/C15H23FN2O/c1-18(9-10-19-11-12-5-6-12)15-4-2-3-14(16)13(15)7-8-17/h2-4,12H,5-11,17H2,1H3. The maximum absolute atomic E-state index is 13.8. The van der Waals surface area contributed by atoms with Crippen molar-refractivity contribution in [2.75, 3.05) is 38.3 Å². The highest BCUT2D eigenvalue weighted by atomic mass is 19.1. The lowest BCUT2D eigenvalue weighted by Gasteiger charge is -2.22. The molecule has 1 aliphatic rings. The topological polar surface area (TPSA) is 38.5 Å². The van der Waals surface area contributed by atoms with Gasteiger partial charge in [-0.25, -0.2) is 4.39 Å². The molecule has 0 bridgehead atoms. The van der Waals surface area contributed by atoms with Crippen LogP contribution in [-0.4, -0.2) is 33.4 Å². The van der Waals surface area contributed by atoms with Crippen molar-refractivity contribution < 1.29 is 9.13 Å². The molecule has 2 rings (SSSR count). The molecule has 1 aromatic rings. The molecule has 0 aliphatic heterocycles. The molecule has 0 radical (unpaired) electrons. The molecule has 1 fully saturated rings. The van der Waals surface area contributed by atoms with Crippen LogP contribution in [0.2, 0.25) is 0 Å². The second-order valence-electron chi connectivity index (χ2n) is 5.22. The van der Waals surface area contributed by atoms with Gasteiger partial charge in [0.15, 0.2) is 0 Å². The molecule has 0 amide bonds. The average molecular weight is 266 g/mol. The summed E-state index contributed by atoms with van der Waals surface area (Å²) in [4.78, 5) is 2.04. The number of likely N-dealkylation sites (N-methyl/N-ethyl adjacent to an activating group) is 1. The van der Waals surface area contributed by atoms with Crippen molar-refractivity contribution in [3.8, 4) is 0 Å². The van der Waals surface area contributed by atoms with Crippen molar-refractivity contribution in [2.24, 2.45) is 11.7 Å². The first kappa shape index (κ1) is 14.3. The SMILES string of the molecule is CN(CCOCC1CC1)c1cccc(F)c1CCN. The summed E-state index contributed by atoms with van der Waals surface area (Å²) in [6, 6.07) is 5.17.